The number of amides is 1. The highest BCUT2D eigenvalue weighted by atomic mass is 32.1. The van der Waals surface area contributed by atoms with Gasteiger partial charge in [-0.2, -0.15) is 0 Å². The van der Waals surface area contributed by atoms with Crippen LogP contribution in [0.1, 0.15) is 25.0 Å². The number of fused-ring (bicyclic) bond motifs is 1. The maximum absolute atomic E-state index is 12.4. The van der Waals surface area contributed by atoms with Gasteiger partial charge in [-0.25, -0.2) is 9.97 Å². The molecule has 0 bridgehead atoms. The zero-order valence-electron chi connectivity index (χ0n) is 16.5. The number of para-hydroxylation sites is 1. The van der Waals surface area contributed by atoms with Crippen LogP contribution in [0.25, 0.3) is 21.6 Å². The molecule has 1 aromatic carbocycles. The number of hydrogen-bond donors (Lipinski definition) is 1. The lowest BCUT2D eigenvalue weighted by Crippen LogP contribution is -2.32. The second-order valence-corrected chi connectivity index (χ2v) is 8.41. The van der Waals surface area contributed by atoms with Crippen molar-refractivity contribution in [2.75, 3.05) is 11.4 Å². The molecule has 6 nitrogen and oxygen atoms in total. The van der Waals surface area contributed by atoms with Crippen molar-refractivity contribution in [2.24, 2.45) is 0 Å². The molecule has 0 radical (unpaired) electrons. The van der Waals surface area contributed by atoms with E-state index in [0.717, 1.165) is 40.2 Å². The topological polar surface area (TPSA) is 71.3 Å². The summed E-state index contributed by atoms with van der Waals surface area (Å²) in [5.41, 5.74) is 0.887. The van der Waals surface area contributed by atoms with Crippen molar-refractivity contribution in [1.29, 1.82) is 0 Å². The minimum Gasteiger partial charge on any atom is -0.467 e. The van der Waals surface area contributed by atoms with Gasteiger partial charge in [-0.15, -0.1) is 11.3 Å². The molecule has 5 rings (SSSR count). The third-order valence-electron chi connectivity index (χ3n) is 5.10. The van der Waals surface area contributed by atoms with Crippen molar-refractivity contribution in [2.45, 2.75) is 31.8 Å². The highest BCUT2D eigenvalue weighted by Crippen LogP contribution is 2.30. The summed E-state index contributed by atoms with van der Waals surface area (Å²) in [4.78, 5) is 25.2. The minimum atomic E-state index is 0.0822. The molecule has 0 unspecified atom stereocenters. The van der Waals surface area contributed by atoms with Gasteiger partial charge >= 0.3 is 0 Å². The standard InChI is InChI=1S/C23H22N4O2S/c28-21(24-16-9-10-16)11-12-27(15-17-5-3-13-29-17)23-18-6-1-2-7-19(18)25-22(26-23)20-8-4-14-30-20/h1-8,13-14,16H,9-12,15H2,(H,24,28). The summed E-state index contributed by atoms with van der Waals surface area (Å²) in [5.74, 6) is 2.43. The van der Waals surface area contributed by atoms with Crippen molar-refractivity contribution in [1.82, 2.24) is 15.3 Å². The van der Waals surface area contributed by atoms with Gasteiger partial charge in [-0.3, -0.25) is 4.79 Å². The van der Waals surface area contributed by atoms with Crippen LogP contribution in [-0.4, -0.2) is 28.5 Å². The number of furan rings is 1. The van der Waals surface area contributed by atoms with Crippen molar-refractivity contribution in [3.8, 4) is 10.7 Å². The average molecular weight is 419 g/mol. The molecule has 4 aromatic rings. The minimum absolute atomic E-state index is 0.0822. The van der Waals surface area contributed by atoms with E-state index in [-0.39, 0.29) is 5.91 Å². The Hall–Kier alpha value is -3.19. The van der Waals surface area contributed by atoms with Crippen LogP contribution in [0, 0.1) is 0 Å². The smallest absolute Gasteiger partial charge is 0.221 e. The molecule has 1 N–H and O–H groups in total. The maximum Gasteiger partial charge on any atom is 0.221 e. The zero-order valence-corrected chi connectivity index (χ0v) is 17.3. The Bertz CT molecular complexity index is 1140. The van der Waals surface area contributed by atoms with Crippen LogP contribution in [0.2, 0.25) is 0 Å². The molecule has 1 aliphatic rings. The SMILES string of the molecule is O=C(CCN(Cc1ccco1)c1nc(-c2cccs2)nc2ccccc12)NC1CC1. The monoisotopic (exact) mass is 418 g/mol. The van der Waals surface area contributed by atoms with Crippen LogP contribution >= 0.6 is 11.3 Å². The summed E-state index contributed by atoms with van der Waals surface area (Å²) in [6.07, 6.45) is 4.25. The van der Waals surface area contributed by atoms with Gasteiger partial charge in [0.25, 0.3) is 0 Å². The van der Waals surface area contributed by atoms with Gasteiger partial charge in [0.15, 0.2) is 5.82 Å². The molecule has 3 aromatic heterocycles. The van der Waals surface area contributed by atoms with E-state index in [1.165, 1.54) is 0 Å². The van der Waals surface area contributed by atoms with Crippen LogP contribution in [0.4, 0.5) is 5.82 Å². The van der Waals surface area contributed by atoms with Crippen LogP contribution in [0.3, 0.4) is 0 Å². The van der Waals surface area contributed by atoms with Crippen LogP contribution in [-0.2, 0) is 11.3 Å². The van der Waals surface area contributed by atoms with E-state index >= 15 is 0 Å². The fourth-order valence-corrected chi connectivity index (χ4v) is 4.09. The van der Waals surface area contributed by atoms with E-state index in [9.17, 15) is 4.79 Å². The van der Waals surface area contributed by atoms with Gasteiger partial charge < -0.3 is 14.6 Å². The first-order chi connectivity index (χ1) is 14.8. The fraction of sp³-hybridized carbons (Fsp3) is 0.261. The predicted molar refractivity (Wildman–Crippen MR) is 118 cm³/mol. The van der Waals surface area contributed by atoms with Crippen molar-refractivity contribution >= 4 is 34.0 Å². The molecule has 30 heavy (non-hydrogen) atoms. The second-order valence-electron chi connectivity index (χ2n) is 7.46. The van der Waals surface area contributed by atoms with E-state index in [2.05, 4.69) is 10.2 Å². The van der Waals surface area contributed by atoms with Gasteiger partial charge in [0.2, 0.25) is 5.91 Å². The molecule has 3 heterocycles. The molecule has 0 atom stereocenters. The third kappa shape index (κ3) is 4.21. The Labute approximate surface area is 178 Å². The molecule has 0 aliphatic heterocycles. The lowest BCUT2D eigenvalue weighted by molar-refractivity contribution is -0.121. The lowest BCUT2D eigenvalue weighted by Gasteiger charge is -2.24. The highest BCUT2D eigenvalue weighted by molar-refractivity contribution is 7.13. The van der Waals surface area contributed by atoms with E-state index in [0.29, 0.717) is 31.4 Å². The Morgan fingerprint density at radius 1 is 1.13 bits per heavy atom. The Morgan fingerprint density at radius 2 is 2.03 bits per heavy atom. The van der Waals surface area contributed by atoms with E-state index in [1.807, 2.05) is 53.9 Å². The number of nitrogens with zero attached hydrogens (tertiary/aromatic N) is 3. The van der Waals surface area contributed by atoms with Crippen LogP contribution < -0.4 is 10.2 Å². The zero-order chi connectivity index (χ0) is 20.3. The quantitative estimate of drug-likeness (QED) is 0.452. The molecule has 7 heteroatoms. The van der Waals surface area contributed by atoms with Crippen molar-refractivity contribution in [3.63, 3.8) is 0 Å². The molecular weight excluding hydrogens is 396 g/mol. The number of carbonyl (C=O) groups is 1. The van der Waals surface area contributed by atoms with Gasteiger partial charge in [-0.05, 0) is 48.6 Å². The Balaban J connectivity index is 1.51. The first-order valence-electron chi connectivity index (χ1n) is 10.1. The molecule has 0 saturated heterocycles. The van der Waals surface area contributed by atoms with Gasteiger partial charge in [0, 0.05) is 24.4 Å². The van der Waals surface area contributed by atoms with E-state index in [1.54, 1.807) is 17.6 Å². The lowest BCUT2D eigenvalue weighted by atomic mass is 10.2. The number of carbonyl (C=O) groups excluding carboxylic acids is 1. The largest absolute Gasteiger partial charge is 0.467 e. The number of benzene rings is 1. The molecule has 1 saturated carbocycles. The van der Waals surface area contributed by atoms with Crippen molar-refractivity contribution in [3.05, 3.63) is 65.9 Å². The highest BCUT2D eigenvalue weighted by Gasteiger charge is 2.24. The fourth-order valence-electron chi connectivity index (χ4n) is 3.43. The number of thiophene rings is 1. The number of aromatic nitrogens is 2. The Kier molecular flexibility index (Phi) is 5.19. The maximum atomic E-state index is 12.4. The molecule has 1 fully saturated rings. The number of anilines is 1. The molecular formula is C23H22N4O2S. The summed E-state index contributed by atoms with van der Waals surface area (Å²) in [7, 11) is 0. The molecule has 1 amide bonds. The summed E-state index contributed by atoms with van der Waals surface area (Å²) >= 11 is 1.62. The summed E-state index contributed by atoms with van der Waals surface area (Å²) in [6, 6.07) is 16.2. The molecule has 0 spiro atoms. The van der Waals surface area contributed by atoms with Gasteiger partial charge in [-0.1, -0.05) is 18.2 Å². The molecule has 1 aliphatic carbocycles. The number of rotatable bonds is 8. The van der Waals surface area contributed by atoms with E-state index in [4.69, 9.17) is 14.4 Å². The normalized spacial score (nSPS) is 13.5. The van der Waals surface area contributed by atoms with Gasteiger partial charge in [0.1, 0.15) is 11.6 Å². The number of nitrogens with one attached hydrogen (secondary N) is 1. The number of hydrogen-bond acceptors (Lipinski definition) is 6. The third-order valence-corrected chi connectivity index (χ3v) is 5.97. The van der Waals surface area contributed by atoms with Crippen molar-refractivity contribution < 1.29 is 9.21 Å². The predicted octanol–water partition coefficient (Wildman–Crippen LogP) is 4.63. The first-order valence-corrected chi connectivity index (χ1v) is 11.0. The van der Waals surface area contributed by atoms with Gasteiger partial charge in [0.05, 0.1) is 23.2 Å². The summed E-state index contributed by atoms with van der Waals surface area (Å²) < 4.78 is 5.60. The second kappa shape index (κ2) is 8.28. The summed E-state index contributed by atoms with van der Waals surface area (Å²) in [5, 5.41) is 6.06. The first kappa shape index (κ1) is 18.8. The summed E-state index contributed by atoms with van der Waals surface area (Å²) in [6.45, 7) is 1.08. The van der Waals surface area contributed by atoms with Crippen LogP contribution in [0.5, 0.6) is 0 Å². The Morgan fingerprint density at radius 3 is 2.80 bits per heavy atom. The molecule has 152 valence electrons. The average Bonchev–Trinajstić information content (AvgIpc) is 3.21. The van der Waals surface area contributed by atoms with Crippen LogP contribution in [0.15, 0.2) is 64.6 Å². The van der Waals surface area contributed by atoms with E-state index < -0.39 is 0 Å².